The molecule has 0 fully saturated rings. The van der Waals surface area contributed by atoms with Gasteiger partial charge < -0.3 is 19.5 Å². The van der Waals surface area contributed by atoms with E-state index in [4.69, 9.17) is 9.31 Å². The molecule has 164 valence electrons. The van der Waals surface area contributed by atoms with Gasteiger partial charge in [0.15, 0.2) is 0 Å². The molecule has 1 aliphatic rings. The van der Waals surface area contributed by atoms with E-state index in [0.717, 1.165) is 17.3 Å². The van der Waals surface area contributed by atoms with Gasteiger partial charge in [0.1, 0.15) is 0 Å². The molecule has 0 amide bonds. The van der Waals surface area contributed by atoms with Crippen LogP contribution in [0.25, 0.3) is 11.1 Å². The normalized spacial score (nSPS) is 14.3. The number of aliphatic hydroxyl groups is 2. The Labute approximate surface area is 188 Å². The second-order valence-electron chi connectivity index (χ2n) is 10.6. The van der Waals surface area contributed by atoms with E-state index in [9.17, 15) is 10.2 Å². The van der Waals surface area contributed by atoms with Crippen LogP contribution in [-0.4, -0.2) is 47.6 Å². The minimum absolute atomic E-state index is 0.698. The summed E-state index contributed by atoms with van der Waals surface area (Å²) in [5.74, 6) is 0. The summed E-state index contributed by atoms with van der Waals surface area (Å²) in [4.78, 5) is 0. The highest BCUT2D eigenvalue weighted by atomic mass is 16.5. The second kappa shape index (κ2) is 8.08. The molecule has 0 aromatic heterocycles. The fourth-order valence-electron chi connectivity index (χ4n) is 3.12. The fraction of sp³-hybridized carbons (Fsp3) is 0.520. The smallest absolute Gasteiger partial charge is 0.330 e. The van der Waals surface area contributed by atoms with Gasteiger partial charge in [-0.3, -0.25) is 0 Å². The van der Waals surface area contributed by atoms with E-state index in [1.165, 1.54) is 22.3 Å². The van der Waals surface area contributed by atoms with E-state index >= 15 is 0 Å². The number of fused-ring (bicyclic) bond motifs is 3. The van der Waals surface area contributed by atoms with Crippen molar-refractivity contribution < 1.29 is 19.5 Å². The van der Waals surface area contributed by atoms with Crippen molar-refractivity contribution in [3.05, 3.63) is 47.5 Å². The average Bonchev–Trinajstić information content (AvgIpc) is 3.00. The van der Waals surface area contributed by atoms with Crippen LogP contribution in [0.1, 0.15) is 66.5 Å². The lowest BCUT2D eigenvalue weighted by atomic mass is 9.81. The van der Waals surface area contributed by atoms with E-state index < -0.39 is 22.4 Å². The Morgan fingerprint density at radius 2 is 1.00 bits per heavy atom. The van der Waals surface area contributed by atoms with Crippen molar-refractivity contribution >= 4 is 25.9 Å². The van der Waals surface area contributed by atoms with Crippen molar-refractivity contribution in [1.82, 2.24) is 0 Å². The van der Waals surface area contributed by atoms with E-state index in [2.05, 4.69) is 24.3 Å². The molecule has 0 saturated heterocycles. The molecule has 2 aromatic rings. The van der Waals surface area contributed by atoms with Crippen LogP contribution in [-0.2, 0) is 15.7 Å². The molecule has 3 rings (SSSR count). The molecule has 0 spiro atoms. The zero-order valence-electron chi connectivity index (χ0n) is 20.0. The van der Waals surface area contributed by atoms with Crippen molar-refractivity contribution in [3.63, 3.8) is 0 Å². The van der Waals surface area contributed by atoms with Crippen LogP contribution in [0.5, 0.6) is 0 Å². The van der Waals surface area contributed by atoms with Gasteiger partial charge in [0.05, 0.1) is 22.4 Å². The fourth-order valence-corrected chi connectivity index (χ4v) is 3.12. The predicted octanol–water partition coefficient (Wildman–Crippen LogP) is 2.88. The molecule has 2 N–H and O–H groups in total. The predicted molar refractivity (Wildman–Crippen MR) is 128 cm³/mol. The lowest BCUT2D eigenvalue weighted by molar-refractivity contribution is -0.0893. The molecule has 4 nitrogen and oxygen atoms in total. The highest BCUT2D eigenvalue weighted by Gasteiger charge is 2.36. The maximum Gasteiger partial charge on any atom is 0.330 e. The molecule has 0 saturated carbocycles. The summed E-state index contributed by atoms with van der Waals surface area (Å²) in [5.41, 5.74) is 3.63. The molecule has 1 aliphatic carbocycles. The van der Waals surface area contributed by atoms with Crippen LogP contribution < -0.4 is 10.9 Å². The van der Waals surface area contributed by atoms with Gasteiger partial charge in [-0.05, 0) is 84.1 Å². The molecule has 0 heterocycles. The number of hydrogen-bond donors (Lipinski definition) is 2. The Hall–Kier alpha value is -1.59. The van der Waals surface area contributed by atoms with Crippen LogP contribution >= 0.6 is 0 Å². The van der Waals surface area contributed by atoms with Crippen LogP contribution in [0.3, 0.4) is 0 Å². The van der Waals surface area contributed by atoms with Crippen molar-refractivity contribution in [3.8, 4) is 11.1 Å². The maximum atomic E-state index is 10.3. The van der Waals surface area contributed by atoms with Gasteiger partial charge in [-0.1, -0.05) is 47.3 Å². The number of rotatable bonds is 8. The van der Waals surface area contributed by atoms with Crippen LogP contribution in [0.15, 0.2) is 36.4 Å². The average molecular weight is 420 g/mol. The van der Waals surface area contributed by atoms with E-state index in [0.29, 0.717) is 0 Å². The Morgan fingerprint density at radius 3 is 1.32 bits per heavy atom. The highest BCUT2D eigenvalue weighted by Crippen LogP contribution is 2.35. The topological polar surface area (TPSA) is 58.9 Å². The first-order valence-corrected chi connectivity index (χ1v) is 10.8. The quantitative estimate of drug-likeness (QED) is 0.551. The highest BCUT2D eigenvalue weighted by molar-refractivity contribution is 6.47. The van der Waals surface area contributed by atoms with Gasteiger partial charge in [-0.15, -0.1) is 0 Å². The third-order valence-corrected chi connectivity index (χ3v) is 6.86. The van der Waals surface area contributed by atoms with Crippen LogP contribution in [0.2, 0.25) is 0 Å². The summed E-state index contributed by atoms with van der Waals surface area (Å²) in [6, 6.07) is 12.6. The summed E-state index contributed by atoms with van der Waals surface area (Å²) >= 11 is 0. The summed E-state index contributed by atoms with van der Waals surface area (Å²) < 4.78 is 11.8. The molecule has 2 radical (unpaired) electrons. The zero-order chi connectivity index (χ0) is 23.2. The Kier molecular flexibility index (Phi) is 6.27. The molecule has 0 atom stereocenters. The minimum atomic E-state index is -0.953. The van der Waals surface area contributed by atoms with Gasteiger partial charge in [-0.2, -0.15) is 0 Å². The standard InChI is InChI=1S/C25H34B2O4/c1-22(2,28)24(5,6)30-26-18-9-11-20-16(14-18)13-17-15-19(10-12-21(17)20)27-31-25(7,8)23(3,4)29/h9-12,14-15,28-29H,13H2,1-8H3. The van der Waals surface area contributed by atoms with Crippen molar-refractivity contribution in [2.24, 2.45) is 0 Å². The van der Waals surface area contributed by atoms with Gasteiger partial charge >= 0.3 is 15.0 Å². The molecule has 0 bridgehead atoms. The Morgan fingerprint density at radius 1 is 0.645 bits per heavy atom. The van der Waals surface area contributed by atoms with Gasteiger partial charge in [-0.25, -0.2) is 0 Å². The lowest BCUT2D eigenvalue weighted by Gasteiger charge is -2.37. The summed E-state index contributed by atoms with van der Waals surface area (Å²) in [7, 11) is 3.46. The Bertz CT molecular complexity index is 875. The molecule has 31 heavy (non-hydrogen) atoms. The lowest BCUT2D eigenvalue weighted by Crippen LogP contribution is -2.49. The first-order chi connectivity index (χ1) is 14.1. The van der Waals surface area contributed by atoms with E-state index in [1.54, 1.807) is 42.7 Å². The molecular formula is C25H34B2O4. The van der Waals surface area contributed by atoms with Gasteiger partial charge in [0.2, 0.25) is 0 Å². The summed E-state index contributed by atoms with van der Waals surface area (Å²) in [5, 5.41) is 20.6. The summed E-state index contributed by atoms with van der Waals surface area (Å²) in [6.45, 7) is 14.5. The molecule has 0 unspecified atom stereocenters. The van der Waals surface area contributed by atoms with Crippen molar-refractivity contribution in [1.29, 1.82) is 0 Å². The number of hydrogen-bond acceptors (Lipinski definition) is 4. The zero-order valence-corrected chi connectivity index (χ0v) is 20.0. The van der Waals surface area contributed by atoms with Crippen LogP contribution in [0, 0.1) is 0 Å². The molecule has 0 aliphatic heterocycles. The van der Waals surface area contributed by atoms with E-state index in [-0.39, 0.29) is 0 Å². The van der Waals surface area contributed by atoms with Gasteiger partial charge in [0.25, 0.3) is 0 Å². The van der Waals surface area contributed by atoms with Crippen molar-refractivity contribution in [2.75, 3.05) is 0 Å². The first-order valence-electron chi connectivity index (χ1n) is 10.8. The SMILES string of the molecule is CC(C)(O)C(C)(C)O[B]c1ccc2c(c1)Cc1cc([B]OC(C)(C)C(C)(C)O)ccc1-2. The molecular weight excluding hydrogens is 386 g/mol. The second-order valence-corrected chi connectivity index (χ2v) is 10.6. The third-order valence-electron chi connectivity index (χ3n) is 6.86. The first kappa shape index (κ1) is 24.1. The molecule has 2 aromatic carbocycles. The Balaban J connectivity index is 1.71. The monoisotopic (exact) mass is 420 g/mol. The van der Waals surface area contributed by atoms with Gasteiger partial charge in [0, 0.05) is 0 Å². The largest absolute Gasteiger partial charge is 0.427 e. The summed E-state index contributed by atoms with van der Waals surface area (Å²) in [6.07, 6.45) is 0.845. The third kappa shape index (κ3) is 5.09. The molecule has 6 heteroatoms. The van der Waals surface area contributed by atoms with Crippen molar-refractivity contribution in [2.45, 2.75) is 84.2 Å². The van der Waals surface area contributed by atoms with E-state index in [1.807, 2.05) is 39.8 Å². The van der Waals surface area contributed by atoms with Crippen LogP contribution in [0.4, 0.5) is 0 Å². The minimum Gasteiger partial charge on any atom is -0.427 e. The number of benzene rings is 2. The maximum absolute atomic E-state index is 10.3.